The van der Waals surface area contributed by atoms with Gasteiger partial charge in [0.05, 0.1) is 5.92 Å². The lowest BCUT2D eigenvalue weighted by Gasteiger charge is -2.35. The molecule has 4 aliphatic rings. The van der Waals surface area contributed by atoms with Crippen molar-refractivity contribution in [1.82, 2.24) is 0 Å². The van der Waals surface area contributed by atoms with Crippen molar-refractivity contribution in [2.45, 2.75) is 0 Å². The minimum Gasteiger partial charge on any atom is -0.451 e. The first kappa shape index (κ1) is 20.9. The van der Waals surface area contributed by atoms with Gasteiger partial charge in [-0.25, -0.2) is 0 Å². The van der Waals surface area contributed by atoms with Gasteiger partial charge in [0.1, 0.15) is 16.9 Å². The molecule has 0 spiro atoms. The Hall–Kier alpha value is -4.64. The number of hydrogen-bond acceptors (Lipinski definition) is 5. The fourth-order valence-electron chi connectivity index (χ4n) is 5.01. The highest BCUT2D eigenvalue weighted by Gasteiger charge is 2.49. The quantitative estimate of drug-likeness (QED) is 0.384. The van der Waals surface area contributed by atoms with E-state index in [4.69, 9.17) is 4.74 Å². The molecule has 1 fully saturated rings. The van der Waals surface area contributed by atoms with Gasteiger partial charge >= 0.3 is 0 Å². The SMILES string of the molecule is O=C1C(C(=O)c2ccccc2)=C(c2ccccc2)O/C1=C1/C(=O)C2=CC=CC3=CC=CC(C1=O)[C@@H]32. The Morgan fingerprint density at radius 2 is 1.49 bits per heavy atom. The molecule has 0 amide bonds. The number of rotatable bonds is 3. The molecule has 168 valence electrons. The lowest BCUT2D eigenvalue weighted by Crippen LogP contribution is -2.40. The van der Waals surface area contributed by atoms with E-state index in [1.165, 1.54) is 0 Å². The molecule has 1 unspecified atom stereocenters. The van der Waals surface area contributed by atoms with Crippen molar-refractivity contribution in [3.05, 3.63) is 136 Å². The molecule has 2 atom stereocenters. The van der Waals surface area contributed by atoms with Crippen LogP contribution in [0, 0.1) is 11.8 Å². The second-order valence-corrected chi connectivity index (χ2v) is 8.63. The first-order valence-electron chi connectivity index (χ1n) is 11.3. The summed E-state index contributed by atoms with van der Waals surface area (Å²) in [6.07, 6.45) is 10.7. The summed E-state index contributed by atoms with van der Waals surface area (Å²) >= 11 is 0. The normalized spacial score (nSPS) is 24.7. The van der Waals surface area contributed by atoms with E-state index < -0.39 is 29.1 Å². The van der Waals surface area contributed by atoms with E-state index in [-0.39, 0.29) is 28.6 Å². The molecule has 3 aliphatic carbocycles. The van der Waals surface area contributed by atoms with Crippen LogP contribution in [0.5, 0.6) is 0 Å². The van der Waals surface area contributed by atoms with Crippen molar-refractivity contribution >= 4 is 28.9 Å². The van der Waals surface area contributed by atoms with Crippen LogP contribution >= 0.6 is 0 Å². The second-order valence-electron chi connectivity index (χ2n) is 8.63. The van der Waals surface area contributed by atoms with Crippen LogP contribution in [0.15, 0.2) is 125 Å². The van der Waals surface area contributed by atoms with Gasteiger partial charge in [0.25, 0.3) is 0 Å². The van der Waals surface area contributed by atoms with Crippen molar-refractivity contribution in [1.29, 1.82) is 0 Å². The molecule has 0 N–H and O–H groups in total. The van der Waals surface area contributed by atoms with Gasteiger partial charge in [0.15, 0.2) is 17.3 Å². The average Bonchev–Trinajstić information content (AvgIpc) is 3.24. The zero-order chi connectivity index (χ0) is 24.1. The summed E-state index contributed by atoms with van der Waals surface area (Å²) in [4.78, 5) is 54.3. The Bertz CT molecular complexity index is 1510. The lowest BCUT2D eigenvalue weighted by molar-refractivity contribution is -0.125. The first-order valence-corrected chi connectivity index (χ1v) is 11.3. The van der Waals surface area contributed by atoms with Crippen molar-refractivity contribution in [3.63, 3.8) is 0 Å². The van der Waals surface area contributed by atoms with Gasteiger partial charge in [0, 0.05) is 22.6 Å². The van der Waals surface area contributed by atoms with Crippen LogP contribution in [0.2, 0.25) is 0 Å². The molecule has 0 saturated heterocycles. The van der Waals surface area contributed by atoms with Gasteiger partial charge in [-0.15, -0.1) is 0 Å². The molecule has 2 aromatic carbocycles. The van der Waals surface area contributed by atoms with E-state index in [0.29, 0.717) is 16.7 Å². The summed E-state index contributed by atoms with van der Waals surface area (Å²) in [6, 6.07) is 17.1. The number of allylic oxidation sites excluding steroid dienone is 10. The van der Waals surface area contributed by atoms with Crippen molar-refractivity contribution in [3.8, 4) is 0 Å². The van der Waals surface area contributed by atoms with E-state index in [9.17, 15) is 19.2 Å². The van der Waals surface area contributed by atoms with E-state index in [2.05, 4.69) is 0 Å². The largest absolute Gasteiger partial charge is 0.451 e. The molecule has 2 aromatic rings. The van der Waals surface area contributed by atoms with Crippen LogP contribution in [0.3, 0.4) is 0 Å². The number of benzene rings is 2. The highest BCUT2D eigenvalue weighted by molar-refractivity contribution is 6.40. The summed E-state index contributed by atoms with van der Waals surface area (Å²) in [7, 11) is 0. The molecule has 5 nitrogen and oxygen atoms in total. The van der Waals surface area contributed by atoms with Gasteiger partial charge in [0.2, 0.25) is 11.6 Å². The van der Waals surface area contributed by atoms with E-state index >= 15 is 0 Å². The molecule has 0 aromatic heterocycles. The van der Waals surface area contributed by atoms with Crippen molar-refractivity contribution in [2.24, 2.45) is 11.8 Å². The highest BCUT2D eigenvalue weighted by Crippen LogP contribution is 2.45. The predicted molar refractivity (Wildman–Crippen MR) is 129 cm³/mol. The number of carbonyl (C=O) groups is 4. The number of ketones is 4. The summed E-state index contributed by atoms with van der Waals surface area (Å²) in [5, 5.41) is 0. The topological polar surface area (TPSA) is 77.5 Å². The standard InChI is InChI=1S/C30H18O5/c31-25(18-9-3-1-4-10-18)23-28(34)30(35-29(23)19-11-5-2-6-12-19)24-26(32)20-15-7-13-17-14-8-16-21(22(17)20)27(24)33/h1-16,20,22H/b30-24+/t20?,22-/m1/s1. The van der Waals surface area contributed by atoms with E-state index in [1.807, 2.05) is 12.2 Å². The molecular weight excluding hydrogens is 440 g/mol. The molecule has 1 saturated carbocycles. The first-order chi connectivity index (χ1) is 17.1. The summed E-state index contributed by atoms with van der Waals surface area (Å²) in [6.45, 7) is 0. The fraction of sp³-hybridized carbons (Fsp3) is 0.0667. The fourth-order valence-corrected chi connectivity index (χ4v) is 5.01. The lowest BCUT2D eigenvalue weighted by atomic mass is 9.65. The van der Waals surface area contributed by atoms with Gasteiger partial charge < -0.3 is 4.74 Å². The van der Waals surface area contributed by atoms with Gasteiger partial charge in [-0.05, 0) is 5.57 Å². The molecule has 0 radical (unpaired) electrons. The maximum Gasteiger partial charge on any atom is 0.236 e. The zero-order valence-corrected chi connectivity index (χ0v) is 18.4. The molecular formula is C30H18O5. The van der Waals surface area contributed by atoms with E-state index in [0.717, 1.165) is 5.57 Å². The molecule has 5 heteroatoms. The minimum atomic E-state index is -0.754. The molecule has 0 bridgehead atoms. The maximum atomic E-state index is 13.7. The third-order valence-corrected chi connectivity index (χ3v) is 6.65. The third kappa shape index (κ3) is 3.16. The van der Waals surface area contributed by atoms with Gasteiger partial charge in [-0.2, -0.15) is 0 Å². The average molecular weight is 458 g/mol. The number of carbonyl (C=O) groups excluding carboxylic acids is 4. The smallest absolute Gasteiger partial charge is 0.236 e. The second kappa shape index (κ2) is 7.99. The van der Waals surface area contributed by atoms with Crippen molar-refractivity contribution in [2.75, 3.05) is 0 Å². The Morgan fingerprint density at radius 1 is 0.771 bits per heavy atom. The number of hydrogen-bond donors (Lipinski definition) is 0. The van der Waals surface area contributed by atoms with Crippen LogP contribution in [0.4, 0.5) is 0 Å². The molecule has 35 heavy (non-hydrogen) atoms. The van der Waals surface area contributed by atoms with Crippen LogP contribution in [0.25, 0.3) is 5.76 Å². The zero-order valence-electron chi connectivity index (χ0n) is 18.4. The van der Waals surface area contributed by atoms with E-state index in [1.54, 1.807) is 85.0 Å². The number of Topliss-reactive ketones (excluding diaryl/α,β-unsaturated/α-hetero) is 4. The Kier molecular flexibility index (Phi) is 4.78. The van der Waals surface area contributed by atoms with Crippen LogP contribution in [-0.2, 0) is 19.1 Å². The predicted octanol–water partition coefficient (Wildman–Crippen LogP) is 4.51. The Balaban J connectivity index is 1.52. The van der Waals surface area contributed by atoms with Crippen LogP contribution in [-0.4, -0.2) is 23.1 Å². The van der Waals surface area contributed by atoms with Gasteiger partial charge in [-0.3, -0.25) is 19.2 Å². The summed E-state index contributed by atoms with van der Waals surface area (Å²) in [5.41, 5.74) is 1.65. The summed E-state index contributed by atoms with van der Waals surface area (Å²) in [5.74, 6) is -3.61. The molecule has 1 heterocycles. The minimum absolute atomic E-state index is 0.0481. The maximum absolute atomic E-state index is 13.7. The Morgan fingerprint density at radius 3 is 2.23 bits per heavy atom. The summed E-state index contributed by atoms with van der Waals surface area (Å²) < 4.78 is 5.98. The number of ether oxygens (including phenoxy) is 1. The monoisotopic (exact) mass is 458 g/mol. The molecule has 1 aliphatic heterocycles. The highest BCUT2D eigenvalue weighted by atomic mass is 16.5. The van der Waals surface area contributed by atoms with Crippen LogP contribution < -0.4 is 0 Å². The van der Waals surface area contributed by atoms with Crippen molar-refractivity contribution < 1.29 is 23.9 Å². The Labute approximate surface area is 201 Å². The third-order valence-electron chi connectivity index (χ3n) is 6.65. The molecule has 6 rings (SSSR count). The van der Waals surface area contributed by atoms with Gasteiger partial charge in [-0.1, -0.05) is 97.1 Å². The van der Waals surface area contributed by atoms with Crippen LogP contribution in [0.1, 0.15) is 15.9 Å².